The van der Waals surface area contributed by atoms with Crippen molar-refractivity contribution in [1.29, 1.82) is 5.26 Å². The molecular formula is C14H18N2OS. The van der Waals surface area contributed by atoms with Crippen molar-refractivity contribution in [2.45, 2.75) is 39.4 Å². The minimum absolute atomic E-state index is 0.372. The molecule has 4 heteroatoms. The summed E-state index contributed by atoms with van der Waals surface area (Å²) in [6, 6.07) is 7.65. The molecule has 96 valence electrons. The fourth-order valence-electron chi connectivity index (χ4n) is 1.37. The highest BCUT2D eigenvalue weighted by molar-refractivity contribution is 7.91. The Labute approximate surface area is 112 Å². The van der Waals surface area contributed by atoms with Crippen molar-refractivity contribution in [1.82, 2.24) is 0 Å². The van der Waals surface area contributed by atoms with Crippen molar-refractivity contribution in [2.75, 3.05) is 0 Å². The second-order valence-electron chi connectivity index (χ2n) is 5.24. The van der Waals surface area contributed by atoms with Gasteiger partial charge in [-0.2, -0.15) is 5.26 Å². The first-order valence-electron chi connectivity index (χ1n) is 5.73. The molecule has 0 amide bonds. The van der Waals surface area contributed by atoms with Crippen LogP contribution in [0.15, 0.2) is 22.6 Å². The third kappa shape index (κ3) is 3.86. The van der Waals surface area contributed by atoms with Crippen molar-refractivity contribution in [3.05, 3.63) is 34.9 Å². The van der Waals surface area contributed by atoms with Gasteiger partial charge < -0.3 is 4.55 Å². The van der Waals surface area contributed by atoms with E-state index in [9.17, 15) is 4.55 Å². The van der Waals surface area contributed by atoms with Crippen LogP contribution in [0.1, 0.15) is 44.4 Å². The molecule has 0 saturated carbocycles. The Morgan fingerprint density at radius 1 is 1.33 bits per heavy atom. The van der Waals surface area contributed by atoms with Crippen LogP contribution in [-0.4, -0.2) is 15.0 Å². The van der Waals surface area contributed by atoms with Gasteiger partial charge in [0.15, 0.2) is 0 Å². The minimum atomic E-state index is -1.28. The summed E-state index contributed by atoms with van der Waals surface area (Å²) in [5, 5.41) is 8.93. The van der Waals surface area contributed by atoms with Gasteiger partial charge in [0.1, 0.15) is 16.1 Å². The maximum atomic E-state index is 11.9. The van der Waals surface area contributed by atoms with Crippen LogP contribution < -0.4 is 0 Å². The van der Waals surface area contributed by atoms with E-state index in [-0.39, 0.29) is 4.75 Å². The van der Waals surface area contributed by atoms with Crippen LogP contribution >= 0.6 is 0 Å². The van der Waals surface area contributed by atoms with Crippen LogP contribution in [0.25, 0.3) is 0 Å². The molecular weight excluding hydrogens is 244 g/mol. The van der Waals surface area contributed by atoms with Gasteiger partial charge in [-0.15, -0.1) is 0 Å². The Kier molecular flexibility index (Phi) is 4.55. The maximum Gasteiger partial charge on any atom is 0.144 e. The number of nitrogens with zero attached hydrogens (tertiary/aromatic N) is 2. The van der Waals surface area contributed by atoms with E-state index < -0.39 is 11.4 Å². The predicted molar refractivity (Wildman–Crippen MR) is 76.0 cm³/mol. The van der Waals surface area contributed by atoms with Crippen LogP contribution in [0, 0.1) is 18.3 Å². The van der Waals surface area contributed by atoms with Gasteiger partial charge in [-0.25, -0.2) is 0 Å². The zero-order valence-corrected chi connectivity index (χ0v) is 12.3. The largest absolute Gasteiger partial charge is 0.591 e. The third-order valence-electron chi connectivity index (χ3n) is 2.37. The van der Waals surface area contributed by atoms with Crippen LogP contribution in [0.5, 0.6) is 0 Å². The highest BCUT2D eigenvalue weighted by atomic mass is 32.2. The lowest BCUT2D eigenvalue weighted by molar-refractivity contribution is 0.561. The Morgan fingerprint density at radius 3 is 2.44 bits per heavy atom. The van der Waals surface area contributed by atoms with Crippen molar-refractivity contribution in [3.63, 3.8) is 0 Å². The smallest absolute Gasteiger partial charge is 0.144 e. The summed E-state index contributed by atoms with van der Waals surface area (Å²) in [6.07, 6.45) is 0. The molecule has 0 saturated heterocycles. The van der Waals surface area contributed by atoms with E-state index in [1.54, 1.807) is 6.07 Å². The molecule has 0 heterocycles. The molecule has 1 aromatic rings. The first kappa shape index (κ1) is 14.7. The van der Waals surface area contributed by atoms with Crippen LogP contribution in [0.3, 0.4) is 0 Å². The van der Waals surface area contributed by atoms with Crippen LogP contribution in [-0.2, 0) is 11.4 Å². The molecule has 1 rings (SSSR count). The predicted octanol–water partition coefficient (Wildman–Crippen LogP) is 3.14. The monoisotopic (exact) mass is 262 g/mol. The van der Waals surface area contributed by atoms with E-state index in [1.807, 2.05) is 46.8 Å². The number of nitriles is 1. The maximum absolute atomic E-state index is 11.9. The molecule has 18 heavy (non-hydrogen) atoms. The van der Waals surface area contributed by atoms with Crippen molar-refractivity contribution >= 4 is 17.1 Å². The van der Waals surface area contributed by atoms with Gasteiger partial charge in [0.05, 0.1) is 17.3 Å². The molecule has 3 nitrogen and oxygen atoms in total. The zero-order valence-electron chi connectivity index (χ0n) is 11.4. The first-order chi connectivity index (χ1) is 8.24. The average molecular weight is 262 g/mol. The quantitative estimate of drug-likeness (QED) is 0.607. The zero-order chi connectivity index (χ0) is 13.9. The van der Waals surface area contributed by atoms with E-state index >= 15 is 0 Å². The van der Waals surface area contributed by atoms with Crippen LogP contribution in [0.4, 0.5) is 0 Å². The molecule has 0 aliphatic heterocycles. The molecule has 0 radical (unpaired) electrons. The lowest BCUT2D eigenvalue weighted by Gasteiger charge is -2.18. The lowest BCUT2D eigenvalue weighted by Crippen LogP contribution is -2.26. The molecule has 0 bridgehead atoms. The van der Waals surface area contributed by atoms with E-state index in [2.05, 4.69) is 10.5 Å². The first-order valence-corrected chi connectivity index (χ1v) is 6.84. The van der Waals surface area contributed by atoms with E-state index in [4.69, 9.17) is 5.26 Å². The highest BCUT2D eigenvalue weighted by Gasteiger charge is 2.26. The Morgan fingerprint density at radius 2 is 1.94 bits per heavy atom. The summed E-state index contributed by atoms with van der Waals surface area (Å²) >= 11 is -1.28. The number of benzene rings is 1. The van der Waals surface area contributed by atoms with Crippen molar-refractivity contribution in [3.8, 4) is 6.07 Å². The summed E-state index contributed by atoms with van der Waals surface area (Å²) in [5.41, 5.74) is 3.15. The summed E-state index contributed by atoms with van der Waals surface area (Å²) in [6.45, 7) is 9.41. The van der Waals surface area contributed by atoms with E-state index in [0.717, 1.165) is 11.1 Å². The molecule has 0 fully saturated rings. The SMILES string of the molecule is CC(=N[S+]([O-])C(C)(C)C)c1cc(C)cc(C#N)c1. The van der Waals surface area contributed by atoms with Gasteiger partial charge in [-0.05, 0) is 58.4 Å². The molecule has 0 spiro atoms. The second kappa shape index (κ2) is 5.55. The normalized spacial score (nSPS) is 14.2. The summed E-state index contributed by atoms with van der Waals surface area (Å²) in [4.78, 5) is 0. The number of hydrogen-bond donors (Lipinski definition) is 0. The standard InChI is InChI=1S/C14H18N2OS/c1-10-6-12(9-15)8-13(7-10)11(2)16-18(17)14(3,4)5/h6-8H,1-5H3. The number of aryl methyl sites for hydroxylation is 1. The van der Waals surface area contributed by atoms with Gasteiger partial charge in [0, 0.05) is 5.56 Å². The van der Waals surface area contributed by atoms with Crippen LogP contribution in [0.2, 0.25) is 0 Å². The topological polar surface area (TPSA) is 59.2 Å². The van der Waals surface area contributed by atoms with E-state index in [0.29, 0.717) is 11.3 Å². The molecule has 0 aliphatic carbocycles. The van der Waals surface area contributed by atoms with E-state index in [1.165, 1.54) is 0 Å². The second-order valence-corrected chi connectivity index (χ2v) is 7.14. The fourth-order valence-corrected chi connectivity index (χ4v) is 2.00. The molecule has 0 aromatic heterocycles. The third-order valence-corrected chi connectivity index (χ3v) is 3.86. The Bertz CT molecular complexity index is 510. The summed E-state index contributed by atoms with van der Waals surface area (Å²) < 4.78 is 15.8. The molecule has 1 unspecified atom stereocenters. The Balaban J connectivity index is 3.12. The Hall–Kier alpha value is -1.31. The molecule has 1 atom stereocenters. The lowest BCUT2D eigenvalue weighted by atomic mass is 10.0. The number of rotatable bonds is 2. The molecule has 1 aromatic carbocycles. The van der Waals surface area contributed by atoms with Gasteiger partial charge >= 0.3 is 0 Å². The summed E-state index contributed by atoms with van der Waals surface area (Å²) in [5.74, 6) is 0. The molecule has 0 N–H and O–H groups in total. The van der Waals surface area contributed by atoms with Gasteiger partial charge in [0.2, 0.25) is 0 Å². The van der Waals surface area contributed by atoms with Gasteiger partial charge in [-0.3, -0.25) is 0 Å². The minimum Gasteiger partial charge on any atom is -0.591 e. The van der Waals surface area contributed by atoms with Crippen molar-refractivity contribution < 1.29 is 4.55 Å². The van der Waals surface area contributed by atoms with Gasteiger partial charge in [0.25, 0.3) is 0 Å². The molecule has 0 aliphatic rings. The number of hydrogen-bond acceptors (Lipinski definition) is 3. The average Bonchev–Trinajstić information content (AvgIpc) is 2.26. The van der Waals surface area contributed by atoms with Gasteiger partial charge in [-0.1, -0.05) is 4.40 Å². The van der Waals surface area contributed by atoms with Crippen molar-refractivity contribution in [2.24, 2.45) is 4.40 Å². The summed E-state index contributed by atoms with van der Waals surface area (Å²) in [7, 11) is 0. The fraction of sp³-hybridized carbons (Fsp3) is 0.429. The highest BCUT2D eigenvalue weighted by Crippen LogP contribution is 2.19.